The Hall–Kier alpha value is -3.78. The van der Waals surface area contributed by atoms with Crippen molar-refractivity contribution in [1.82, 2.24) is 4.90 Å². The average molecular weight is 604 g/mol. The molecule has 2 unspecified atom stereocenters. The van der Waals surface area contributed by atoms with Crippen LogP contribution in [0, 0.1) is 5.82 Å². The Morgan fingerprint density at radius 3 is 1.86 bits per heavy atom. The van der Waals surface area contributed by atoms with Crippen LogP contribution in [-0.4, -0.2) is 19.0 Å². The molecule has 0 aromatic heterocycles. The minimum Gasteiger partial charge on any atom is -0.488 e. The third-order valence-electron chi connectivity index (χ3n) is 8.21. The highest BCUT2D eigenvalue weighted by molar-refractivity contribution is 7.48. The van der Waals surface area contributed by atoms with E-state index in [1.165, 1.54) is 33.1 Å². The lowest BCUT2D eigenvalue weighted by atomic mass is 9.88. The summed E-state index contributed by atoms with van der Waals surface area (Å²) in [5, 5.41) is 0.986. The number of hydrogen-bond acceptors (Lipinski definition) is 2. The van der Waals surface area contributed by atoms with Crippen LogP contribution in [0.25, 0.3) is 0 Å². The Labute approximate surface area is 264 Å². The van der Waals surface area contributed by atoms with E-state index in [0.717, 1.165) is 36.1 Å². The van der Waals surface area contributed by atoms with Crippen LogP contribution in [-0.2, 0) is 31.1 Å². The number of hydrogen-bond donors (Lipinski definition) is 0. The van der Waals surface area contributed by atoms with Crippen LogP contribution in [0.3, 0.4) is 0 Å². The van der Waals surface area contributed by atoms with Gasteiger partial charge in [-0.25, -0.2) is 4.39 Å². The number of rotatable bonds is 13. The Morgan fingerprint density at radius 1 is 0.682 bits per heavy atom. The fraction of sp³-hybridized carbons (Fsp3) is 0.250. The number of ether oxygens (including phenoxy) is 1. The topological polar surface area (TPSA) is 12.5 Å². The van der Waals surface area contributed by atoms with E-state index < -0.39 is 0 Å². The van der Waals surface area contributed by atoms with Gasteiger partial charge in [-0.3, -0.25) is 0 Å². The first kappa shape index (κ1) is 31.6. The first-order valence-electron chi connectivity index (χ1n) is 15.4. The second-order valence-corrected chi connectivity index (χ2v) is 14.0. The monoisotopic (exact) mass is 603 g/mol. The Morgan fingerprint density at radius 2 is 1.27 bits per heavy atom. The lowest BCUT2D eigenvalue weighted by Crippen LogP contribution is -2.24. The highest BCUT2D eigenvalue weighted by atomic mass is 31.1. The molecule has 0 aliphatic rings. The molecule has 5 rings (SSSR count). The Bertz CT molecular complexity index is 1640. The van der Waals surface area contributed by atoms with Crippen molar-refractivity contribution in [3.05, 3.63) is 166 Å². The molecule has 2 atom stereocenters. The zero-order valence-electron chi connectivity index (χ0n) is 26.3. The molecule has 0 aliphatic heterocycles. The Balaban J connectivity index is 1.65. The van der Waals surface area contributed by atoms with E-state index in [9.17, 15) is 4.39 Å². The van der Waals surface area contributed by atoms with Gasteiger partial charge < -0.3 is 9.64 Å². The Kier molecular flexibility index (Phi) is 10.6. The third-order valence-corrected chi connectivity index (χ3v) is 10.1. The zero-order chi connectivity index (χ0) is 30.9. The van der Waals surface area contributed by atoms with Crippen molar-refractivity contribution in [3.8, 4) is 5.75 Å². The minimum atomic E-state index is -0.219. The number of benzene rings is 5. The SMILES string of the molecule is CCC(C)(Pc1ccc(F)cc1CN(C)C)c1cc(Cc2ccccc2)cc(Cc2ccccc2)c1OCc1ccccc1. The van der Waals surface area contributed by atoms with Crippen LogP contribution in [0.2, 0.25) is 0 Å². The van der Waals surface area contributed by atoms with E-state index in [4.69, 9.17) is 4.74 Å². The first-order valence-corrected chi connectivity index (χ1v) is 16.4. The summed E-state index contributed by atoms with van der Waals surface area (Å²) < 4.78 is 21.3. The minimum absolute atomic E-state index is 0.185. The second kappa shape index (κ2) is 14.8. The van der Waals surface area contributed by atoms with Gasteiger partial charge >= 0.3 is 0 Å². The summed E-state index contributed by atoms with van der Waals surface area (Å²) in [6, 6.07) is 41.8. The fourth-order valence-electron chi connectivity index (χ4n) is 5.74. The van der Waals surface area contributed by atoms with Crippen molar-refractivity contribution in [2.24, 2.45) is 0 Å². The molecule has 0 heterocycles. The van der Waals surface area contributed by atoms with Gasteiger partial charge in [-0.2, -0.15) is 0 Å². The molecule has 44 heavy (non-hydrogen) atoms. The van der Waals surface area contributed by atoms with Crippen molar-refractivity contribution in [2.75, 3.05) is 14.1 Å². The van der Waals surface area contributed by atoms with Gasteiger partial charge in [-0.05, 0) is 77.8 Å². The lowest BCUT2D eigenvalue weighted by molar-refractivity contribution is 0.297. The summed E-state index contributed by atoms with van der Waals surface area (Å²) in [5.74, 6) is 0.790. The molecule has 0 aliphatic carbocycles. The van der Waals surface area contributed by atoms with Crippen LogP contribution in [0.15, 0.2) is 121 Å². The van der Waals surface area contributed by atoms with Crippen molar-refractivity contribution in [3.63, 3.8) is 0 Å². The van der Waals surface area contributed by atoms with Gasteiger partial charge in [0.1, 0.15) is 18.2 Å². The molecule has 5 aromatic rings. The third kappa shape index (κ3) is 8.23. The number of halogens is 1. The molecule has 4 heteroatoms. The standard InChI is InChI=1S/C40H43FNOP/c1-5-40(2,44-38-22-21-36(41)27-35(38)28-42(3)4)37-26-33(23-30-15-9-6-10-16-30)25-34(24-31-17-11-7-12-18-31)39(37)43-29-32-19-13-8-14-20-32/h6-22,25-27,44H,5,23-24,28-29H2,1-4H3. The van der Waals surface area contributed by atoms with E-state index in [1.807, 2.05) is 26.2 Å². The first-order chi connectivity index (χ1) is 21.3. The molecular weight excluding hydrogens is 560 g/mol. The largest absolute Gasteiger partial charge is 0.488 e. The predicted octanol–water partition coefficient (Wildman–Crippen LogP) is 9.28. The van der Waals surface area contributed by atoms with Crippen LogP contribution in [0.1, 0.15) is 59.2 Å². The highest BCUT2D eigenvalue weighted by Crippen LogP contribution is 2.49. The highest BCUT2D eigenvalue weighted by Gasteiger charge is 2.32. The van der Waals surface area contributed by atoms with Crippen LogP contribution < -0.4 is 10.0 Å². The van der Waals surface area contributed by atoms with Crippen LogP contribution in [0.5, 0.6) is 5.75 Å². The van der Waals surface area contributed by atoms with Gasteiger partial charge in [0.25, 0.3) is 0 Å². The average Bonchev–Trinajstić information content (AvgIpc) is 3.03. The summed E-state index contributed by atoms with van der Waals surface area (Å²) in [6.07, 6.45) is 2.55. The molecule has 0 fully saturated rings. The maximum atomic E-state index is 14.4. The van der Waals surface area contributed by atoms with Gasteiger partial charge in [0.15, 0.2) is 0 Å². The molecule has 2 nitrogen and oxygen atoms in total. The molecule has 226 valence electrons. The van der Waals surface area contributed by atoms with E-state index in [0.29, 0.717) is 21.7 Å². The maximum absolute atomic E-state index is 14.4. The summed E-state index contributed by atoms with van der Waals surface area (Å²) >= 11 is 0. The molecule has 0 amide bonds. The zero-order valence-corrected chi connectivity index (χ0v) is 27.3. The quantitative estimate of drug-likeness (QED) is 0.124. The lowest BCUT2D eigenvalue weighted by Gasteiger charge is -2.34. The predicted molar refractivity (Wildman–Crippen MR) is 185 cm³/mol. The number of nitrogens with zero attached hydrogens (tertiary/aromatic N) is 1. The van der Waals surface area contributed by atoms with Gasteiger partial charge in [-0.1, -0.05) is 132 Å². The summed E-state index contributed by atoms with van der Waals surface area (Å²) in [7, 11) is 4.52. The molecular formula is C40H43FNOP. The molecule has 0 bridgehead atoms. The van der Waals surface area contributed by atoms with Crippen molar-refractivity contribution in [1.29, 1.82) is 0 Å². The van der Waals surface area contributed by atoms with Crippen LogP contribution in [0.4, 0.5) is 4.39 Å². The maximum Gasteiger partial charge on any atom is 0.127 e. The van der Waals surface area contributed by atoms with Gasteiger partial charge in [0.2, 0.25) is 0 Å². The normalized spacial score (nSPS) is 13.0. The summed E-state index contributed by atoms with van der Waals surface area (Å²) in [4.78, 5) is 2.11. The van der Waals surface area contributed by atoms with E-state index in [2.05, 4.69) is 116 Å². The summed E-state index contributed by atoms with van der Waals surface area (Å²) in [5.41, 5.74) is 8.44. The molecule has 0 radical (unpaired) electrons. The van der Waals surface area contributed by atoms with Crippen molar-refractivity contribution < 1.29 is 9.13 Å². The molecule has 5 aromatic carbocycles. The van der Waals surface area contributed by atoms with Crippen molar-refractivity contribution >= 4 is 13.9 Å². The van der Waals surface area contributed by atoms with Gasteiger partial charge in [-0.15, -0.1) is 0 Å². The molecule has 0 saturated heterocycles. The van der Waals surface area contributed by atoms with Gasteiger partial charge in [0, 0.05) is 23.7 Å². The van der Waals surface area contributed by atoms with Crippen LogP contribution >= 0.6 is 8.58 Å². The molecule has 0 saturated carbocycles. The van der Waals surface area contributed by atoms with E-state index in [1.54, 1.807) is 12.1 Å². The smallest absolute Gasteiger partial charge is 0.127 e. The molecule has 0 spiro atoms. The van der Waals surface area contributed by atoms with Gasteiger partial charge in [0.05, 0.1) is 0 Å². The summed E-state index contributed by atoms with van der Waals surface area (Å²) in [6.45, 7) is 5.82. The fourth-order valence-corrected chi connectivity index (χ4v) is 7.31. The van der Waals surface area contributed by atoms with Crippen molar-refractivity contribution in [2.45, 2.75) is 51.4 Å². The molecule has 0 N–H and O–H groups in total. The van der Waals surface area contributed by atoms with E-state index in [-0.39, 0.29) is 11.0 Å². The van der Waals surface area contributed by atoms with E-state index >= 15 is 0 Å². The second-order valence-electron chi connectivity index (χ2n) is 12.1.